The number of alkyl halides is 1. The van der Waals surface area contributed by atoms with Gasteiger partial charge in [0.05, 0.1) is 5.38 Å². The first-order chi connectivity index (χ1) is 9.20. The summed E-state index contributed by atoms with van der Waals surface area (Å²) in [7, 11) is 0. The summed E-state index contributed by atoms with van der Waals surface area (Å²) in [6.45, 7) is 2.29. The van der Waals surface area contributed by atoms with Crippen LogP contribution in [0.5, 0.6) is 0 Å². The fraction of sp³-hybridized carbons (Fsp3) is 0.647. The molecule has 1 aliphatic rings. The fourth-order valence-corrected chi connectivity index (χ4v) is 3.84. The monoisotopic (exact) mass is 342 g/mol. The molecule has 0 amide bonds. The molecule has 1 aromatic rings. The molecule has 1 aliphatic carbocycles. The lowest BCUT2D eigenvalue weighted by Gasteiger charge is -2.31. The largest absolute Gasteiger partial charge is 0.118 e. The van der Waals surface area contributed by atoms with Crippen molar-refractivity contribution in [3.8, 4) is 0 Å². The van der Waals surface area contributed by atoms with Crippen LogP contribution in [0.2, 0.25) is 0 Å². The van der Waals surface area contributed by atoms with Gasteiger partial charge in [-0.3, -0.25) is 0 Å². The topological polar surface area (TPSA) is 0 Å². The highest BCUT2D eigenvalue weighted by molar-refractivity contribution is 9.10. The van der Waals surface area contributed by atoms with E-state index >= 15 is 0 Å². The van der Waals surface area contributed by atoms with Crippen molar-refractivity contribution in [3.05, 3.63) is 34.3 Å². The Morgan fingerprint density at radius 3 is 2.37 bits per heavy atom. The average Bonchev–Trinajstić information content (AvgIpc) is 2.46. The Hall–Kier alpha value is -0.0100. The number of hydrogen-bond acceptors (Lipinski definition) is 0. The molecule has 1 atom stereocenters. The summed E-state index contributed by atoms with van der Waals surface area (Å²) in [5.74, 6) is 1.63. The molecule has 0 saturated heterocycles. The molecule has 0 aliphatic heterocycles. The Kier molecular flexibility index (Phi) is 6.22. The van der Waals surface area contributed by atoms with Gasteiger partial charge in [-0.2, -0.15) is 0 Å². The highest BCUT2D eigenvalue weighted by atomic mass is 79.9. The highest BCUT2D eigenvalue weighted by Crippen LogP contribution is 2.41. The van der Waals surface area contributed by atoms with Crippen molar-refractivity contribution in [1.82, 2.24) is 0 Å². The van der Waals surface area contributed by atoms with E-state index in [2.05, 4.69) is 47.1 Å². The molecule has 1 saturated carbocycles. The lowest BCUT2D eigenvalue weighted by molar-refractivity contribution is 0.254. The minimum Gasteiger partial charge on any atom is -0.118 e. The first kappa shape index (κ1) is 15.4. The summed E-state index contributed by atoms with van der Waals surface area (Å²) in [6, 6.07) is 8.50. The van der Waals surface area contributed by atoms with Gasteiger partial charge in [0.25, 0.3) is 0 Å². The summed E-state index contributed by atoms with van der Waals surface area (Å²) in [4.78, 5) is 0. The molecule has 0 heterocycles. The Morgan fingerprint density at radius 1 is 1.16 bits per heavy atom. The SMILES string of the molecule is CCCCC1CCC(C(Cl)c2ccc(Br)cc2)CC1. The maximum atomic E-state index is 6.67. The van der Waals surface area contributed by atoms with Crippen molar-refractivity contribution in [3.63, 3.8) is 0 Å². The van der Waals surface area contributed by atoms with Gasteiger partial charge in [-0.05, 0) is 42.4 Å². The first-order valence-electron chi connectivity index (χ1n) is 7.60. The minimum absolute atomic E-state index is 0.195. The van der Waals surface area contributed by atoms with Crippen LogP contribution in [0.4, 0.5) is 0 Å². The van der Waals surface area contributed by atoms with Gasteiger partial charge < -0.3 is 0 Å². The Balaban J connectivity index is 1.85. The second-order valence-corrected chi connectivity index (χ2v) is 7.26. The molecule has 1 aromatic carbocycles. The fourth-order valence-electron chi connectivity index (χ4n) is 3.18. The molecular formula is C17H24BrCl. The summed E-state index contributed by atoms with van der Waals surface area (Å²) in [6.07, 6.45) is 9.52. The van der Waals surface area contributed by atoms with Crippen molar-refractivity contribution in [2.75, 3.05) is 0 Å². The number of benzene rings is 1. The summed E-state index contributed by atoms with van der Waals surface area (Å²) >= 11 is 10.2. The number of unbranched alkanes of at least 4 members (excludes halogenated alkanes) is 1. The third-order valence-electron chi connectivity index (χ3n) is 4.46. The van der Waals surface area contributed by atoms with E-state index in [1.165, 1.54) is 50.5 Å². The Bertz CT molecular complexity index is 365. The molecule has 106 valence electrons. The van der Waals surface area contributed by atoms with Crippen LogP contribution in [-0.2, 0) is 0 Å². The number of hydrogen-bond donors (Lipinski definition) is 0. The molecule has 0 radical (unpaired) electrons. The Labute approximate surface area is 131 Å². The molecule has 19 heavy (non-hydrogen) atoms. The zero-order chi connectivity index (χ0) is 13.7. The lowest BCUT2D eigenvalue weighted by atomic mass is 9.77. The van der Waals surface area contributed by atoms with Crippen LogP contribution in [0.3, 0.4) is 0 Å². The van der Waals surface area contributed by atoms with Crippen LogP contribution in [0.1, 0.15) is 62.8 Å². The summed E-state index contributed by atoms with van der Waals surface area (Å²) < 4.78 is 1.13. The van der Waals surface area contributed by atoms with Gasteiger partial charge in [-0.25, -0.2) is 0 Å². The van der Waals surface area contributed by atoms with Crippen molar-refractivity contribution in [1.29, 1.82) is 0 Å². The second-order valence-electron chi connectivity index (χ2n) is 5.88. The van der Waals surface area contributed by atoms with E-state index in [1.807, 2.05) is 0 Å². The van der Waals surface area contributed by atoms with E-state index in [0.717, 1.165) is 10.4 Å². The maximum absolute atomic E-state index is 6.67. The normalized spacial score (nSPS) is 25.2. The third kappa shape index (κ3) is 4.49. The smallest absolute Gasteiger partial charge is 0.0613 e. The van der Waals surface area contributed by atoms with E-state index in [9.17, 15) is 0 Å². The van der Waals surface area contributed by atoms with Crippen LogP contribution in [0, 0.1) is 11.8 Å². The summed E-state index contributed by atoms with van der Waals surface area (Å²) in [5, 5.41) is 0.195. The van der Waals surface area contributed by atoms with Crippen molar-refractivity contribution >= 4 is 27.5 Å². The van der Waals surface area contributed by atoms with E-state index in [0.29, 0.717) is 5.92 Å². The molecule has 0 bridgehead atoms. The molecule has 2 rings (SSSR count). The van der Waals surface area contributed by atoms with Crippen LogP contribution in [0.15, 0.2) is 28.7 Å². The quantitative estimate of drug-likeness (QED) is 0.520. The zero-order valence-corrected chi connectivity index (χ0v) is 14.1. The molecule has 0 spiro atoms. The van der Waals surface area contributed by atoms with Gasteiger partial charge in [-0.15, -0.1) is 11.6 Å². The van der Waals surface area contributed by atoms with Gasteiger partial charge in [-0.1, -0.05) is 67.1 Å². The molecule has 1 fully saturated rings. The lowest BCUT2D eigenvalue weighted by Crippen LogP contribution is -2.18. The molecule has 0 N–H and O–H groups in total. The molecule has 2 heteroatoms. The van der Waals surface area contributed by atoms with Crippen molar-refractivity contribution < 1.29 is 0 Å². The van der Waals surface area contributed by atoms with Crippen molar-refractivity contribution in [2.45, 2.75) is 57.2 Å². The van der Waals surface area contributed by atoms with Crippen LogP contribution in [-0.4, -0.2) is 0 Å². The average molecular weight is 344 g/mol. The van der Waals surface area contributed by atoms with Crippen molar-refractivity contribution in [2.24, 2.45) is 11.8 Å². The van der Waals surface area contributed by atoms with E-state index < -0.39 is 0 Å². The first-order valence-corrected chi connectivity index (χ1v) is 8.83. The van der Waals surface area contributed by atoms with Gasteiger partial charge >= 0.3 is 0 Å². The standard InChI is InChI=1S/C17H24BrCl/c1-2-3-4-13-5-7-14(8-6-13)17(19)15-9-11-16(18)12-10-15/h9-14,17H,2-8H2,1H3. The molecular weight excluding hydrogens is 320 g/mol. The third-order valence-corrected chi connectivity index (χ3v) is 5.60. The van der Waals surface area contributed by atoms with E-state index in [-0.39, 0.29) is 5.38 Å². The molecule has 1 unspecified atom stereocenters. The predicted molar refractivity (Wildman–Crippen MR) is 87.7 cm³/mol. The van der Waals surface area contributed by atoms with E-state index in [1.54, 1.807) is 0 Å². The Morgan fingerprint density at radius 2 is 1.79 bits per heavy atom. The van der Waals surface area contributed by atoms with Gasteiger partial charge in [0, 0.05) is 4.47 Å². The van der Waals surface area contributed by atoms with Gasteiger partial charge in [0.15, 0.2) is 0 Å². The van der Waals surface area contributed by atoms with Crippen LogP contribution >= 0.6 is 27.5 Å². The van der Waals surface area contributed by atoms with Gasteiger partial charge in [0.1, 0.15) is 0 Å². The van der Waals surface area contributed by atoms with E-state index in [4.69, 9.17) is 11.6 Å². The predicted octanol–water partition coefficient (Wildman–Crippen LogP) is 6.73. The molecule has 0 aromatic heterocycles. The maximum Gasteiger partial charge on any atom is 0.0613 e. The van der Waals surface area contributed by atoms with Crippen LogP contribution < -0.4 is 0 Å². The second kappa shape index (κ2) is 7.69. The summed E-state index contributed by atoms with van der Waals surface area (Å²) in [5.41, 5.74) is 1.28. The molecule has 0 nitrogen and oxygen atoms in total. The zero-order valence-electron chi connectivity index (χ0n) is 11.7. The number of halogens is 2. The number of rotatable bonds is 5. The van der Waals surface area contributed by atoms with Crippen LogP contribution in [0.25, 0.3) is 0 Å². The highest BCUT2D eigenvalue weighted by Gasteiger charge is 2.26. The van der Waals surface area contributed by atoms with Gasteiger partial charge in [0.2, 0.25) is 0 Å². The minimum atomic E-state index is 0.195.